The summed E-state index contributed by atoms with van der Waals surface area (Å²) in [5, 5.41) is 5.51. The van der Waals surface area contributed by atoms with Gasteiger partial charge < -0.3 is 19.8 Å². The maximum Gasteiger partial charge on any atom is 0.262 e. The molecule has 0 unspecified atom stereocenters. The number of amides is 2. The van der Waals surface area contributed by atoms with Crippen molar-refractivity contribution in [3.8, 4) is 5.75 Å². The van der Waals surface area contributed by atoms with Crippen LogP contribution in [-0.4, -0.2) is 18.4 Å². The van der Waals surface area contributed by atoms with Crippen LogP contribution in [0, 0.1) is 6.92 Å². The number of ether oxygens (including phenoxy) is 1. The first-order chi connectivity index (χ1) is 13.9. The second kappa shape index (κ2) is 9.76. The van der Waals surface area contributed by atoms with E-state index in [0.29, 0.717) is 22.8 Å². The quantitative estimate of drug-likeness (QED) is 0.455. The van der Waals surface area contributed by atoms with E-state index in [0.717, 1.165) is 14.5 Å². The van der Waals surface area contributed by atoms with Crippen molar-refractivity contribution in [3.05, 3.63) is 80.6 Å². The lowest BCUT2D eigenvalue weighted by atomic mass is 10.2. The van der Waals surface area contributed by atoms with Crippen molar-refractivity contribution in [1.82, 2.24) is 5.32 Å². The van der Waals surface area contributed by atoms with Gasteiger partial charge in [-0.3, -0.25) is 9.59 Å². The summed E-state index contributed by atoms with van der Waals surface area (Å²) in [6.45, 7) is 2.03. The van der Waals surface area contributed by atoms with Gasteiger partial charge in [0.15, 0.2) is 6.61 Å². The van der Waals surface area contributed by atoms with Gasteiger partial charge in [0.1, 0.15) is 11.5 Å². The standard InChI is InChI=1S/C21H18Br2N2O4/c1-13-8-15(22)10-18(23)20(13)29-12-19(26)25-16-5-2-4-14(9-16)21(27)24-11-17-6-3-7-28-17/h2-10H,11-12H2,1H3,(H,24,27)(H,25,26). The number of rotatable bonds is 7. The molecule has 1 heterocycles. The van der Waals surface area contributed by atoms with Crippen LogP contribution in [-0.2, 0) is 11.3 Å². The number of anilines is 1. The van der Waals surface area contributed by atoms with E-state index in [4.69, 9.17) is 9.15 Å². The molecule has 0 bridgehead atoms. The minimum absolute atomic E-state index is 0.157. The molecule has 8 heteroatoms. The lowest BCUT2D eigenvalue weighted by molar-refractivity contribution is -0.118. The summed E-state index contributed by atoms with van der Waals surface area (Å²) >= 11 is 6.84. The molecule has 6 nitrogen and oxygen atoms in total. The molecule has 0 radical (unpaired) electrons. The average Bonchev–Trinajstić information content (AvgIpc) is 3.19. The predicted molar refractivity (Wildman–Crippen MR) is 117 cm³/mol. The minimum Gasteiger partial charge on any atom is -0.482 e. The maximum absolute atomic E-state index is 12.3. The number of carbonyl (C=O) groups is 2. The maximum atomic E-state index is 12.3. The number of furan rings is 1. The molecule has 150 valence electrons. The van der Waals surface area contributed by atoms with Gasteiger partial charge in [-0.05, 0) is 70.9 Å². The Balaban J connectivity index is 1.57. The van der Waals surface area contributed by atoms with E-state index in [1.54, 1.807) is 42.7 Å². The molecule has 0 spiro atoms. The lowest BCUT2D eigenvalue weighted by Crippen LogP contribution is -2.23. The number of nitrogens with one attached hydrogen (secondary N) is 2. The fraction of sp³-hybridized carbons (Fsp3) is 0.143. The second-order valence-electron chi connectivity index (χ2n) is 6.21. The first-order valence-electron chi connectivity index (χ1n) is 8.71. The van der Waals surface area contributed by atoms with Crippen molar-refractivity contribution < 1.29 is 18.7 Å². The van der Waals surface area contributed by atoms with Crippen LogP contribution in [0.4, 0.5) is 5.69 Å². The molecule has 3 rings (SSSR count). The third-order valence-corrected chi connectivity index (χ3v) is 5.00. The molecule has 0 aliphatic heterocycles. The molecule has 0 saturated carbocycles. The Hall–Kier alpha value is -2.58. The van der Waals surface area contributed by atoms with Crippen LogP contribution in [0.5, 0.6) is 5.75 Å². The minimum atomic E-state index is -0.327. The molecule has 0 aliphatic rings. The summed E-state index contributed by atoms with van der Waals surface area (Å²) < 4.78 is 12.5. The van der Waals surface area contributed by atoms with Gasteiger partial charge in [0.05, 0.1) is 17.3 Å². The molecular weight excluding hydrogens is 504 g/mol. The normalized spacial score (nSPS) is 10.4. The number of carbonyl (C=O) groups excluding carboxylic acids is 2. The van der Waals surface area contributed by atoms with Crippen LogP contribution < -0.4 is 15.4 Å². The summed E-state index contributed by atoms with van der Waals surface area (Å²) in [5.41, 5.74) is 1.84. The topological polar surface area (TPSA) is 80.6 Å². The van der Waals surface area contributed by atoms with E-state index in [1.807, 2.05) is 19.1 Å². The third-order valence-electron chi connectivity index (χ3n) is 3.95. The van der Waals surface area contributed by atoms with Crippen molar-refractivity contribution in [2.24, 2.45) is 0 Å². The van der Waals surface area contributed by atoms with Crippen LogP contribution >= 0.6 is 31.9 Å². The summed E-state index contributed by atoms with van der Waals surface area (Å²) in [6, 6.07) is 14.0. The smallest absolute Gasteiger partial charge is 0.262 e. The summed E-state index contributed by atoms with van der Waals surface area (Å²) in [4.78, 5) is 24.6. The Morgan fingerprint density at radius 1 is 1.10 bits per heavy atom. The van der Waals surface area contributed by atoms with E-state index in [-0.39, 0.29) is 25.0 Å². The second-order valence-corrected chi connectivity index (χ2v) is 7.98. The number of aryl methyl sites for hydroxylation is 1. The van der Waals surface area contributed by atoms with E-state index >= 15 is 0 Å². The van der Waals surface area contributed by atoms with Gasteiger partial charge in [0.25, 0.3) is 11.8 Å². The van der Waals surface area contributed by atoms with Gasteiger partial charge in [-0.1, -0.05) is 22.0 Å². The van der Waals surface area contributed by atoms with Crippen molar-refractivity contribution in [2.45, 2.75) is 13.5 Å². The number of halogens is 2. The van der Waals surface area contributed by atoms with Gasteiger partial charge >= 0.3 is 0 Å². The number of hydrogen-bond acceptors (Lipinski definition) is 4. The molecule has 0 atom stereocenters. The predicted octanol–water partition coefficient (Wildman–Crippen LogP) is 5.06. The fourth-order valence-electron chi connectivity index (χ4n) is 2.63. The van der Waals surface area contributed by atoms with E-state index in [9.17, 15) is 9.59 Å². The highest BCUT2D eigenvalue weighted by Crippen LogP contribution is 2.32. The molecule has 2 aromatic carbocycles. The zero-order valence-electron chi connectivity index (χ0n) is 15.5. The van der Waals surface area contributed by atoms with Crippen LogP contribution in [0.3, 0.4) is 0 Å². The van der Waals surface area contributed by atoms with E-state index < -0.39 is 0 Å². The molecule has 0 aliphatic carbocycles. The van der Waals surface area contributed by atoms with Gasteiger partial charge in [-0.15, -0.1) is 0 Å². The lowest BCUT2D eigenvalue weighted by Gasteiger charge is -2.12. The zero-order valence-corrected chi connectivity index (χ0v) is 18.7. The molecule has 0 fully saturated rings. The number of hydrogen-bond donors (Lipinski definition) is 2. The van der Waals surface area contributed by atoms with Crippen LogP contribution in [0.25, 0.3) is 0 Å². The first kappa shape index (κ1) is 21.1. The zero-order chi connectivity index (χ0) is 20.8. The Morgan fingerprint density at radius 2 is 1.93 bits per heavy atom. The van der Waals surface area contributed by atoms with E-state index in [1.165, 1.54) is 0 Å². The molecule has 29 heavy (non-hydrogen) atoms. The van der Waals surface area contributed by atoms with Gasteiger partial charge in [-0.25, -0.2) is 0 Å². The van der Waals surface area contributed by atoms with Crippen LogP contribution in [0.1, 0.15) is 21.7 Å². The van der Waals surface area contributed by atoms with Crippen molar-refractivity contribution in [3.63, 3.8) is 0 Å². The third kappa shape index (κ3) is 5.95. The Labute approximate surface area is 184 Å². The van der Waals surface area contributed by atoms with Crippen LogP contribution in [0.15, 0.2) is 68.2 Å². The van der Waals surface area contributed by atoms with Gasteiger partial charge in [0, 0.05) is 15.7 Å². The molecule has 2 N–H and O–H groups in total. The summed E-state index contributed by atoms with van der Waals surface area (Å²) in [7, 11) is 0. The molecule has 2 amide bonds. The van der Waals surface area contributed by atoms with Crippen LogP contribution in [0.2, 0.25) is 0 Å². The van der Waals surface area contributed by atoms with E-state index in [2.05, 4.69) is 42.5 Å². The SMILES string of the molecule is Cc1cc(Br)cc(Br)c1OCC(=O)Nc1cccc(C(=O)NCc2ccco2)c1. The molecule has 3 aromatic rings. The molecular formula is C21H18Br2N2O4. The Morgan fingerprint density at radius 3 is 2.66 bits per heavy atom. The number of benzene rings is 2. The average molecular weight is 522 g/mol. The molecule has 1 aromatic heterocycles. The summed E-state index contributed by atoms with van der Waals surface area (Å²) in [6.07, 6.45) is 1.55. The van der Waals surface area contributed by atoms with Crippen molar-refractivity contribution in [2.75, 3.05) is 11.9 Å². The largest absolute Gasteiger partial charge is 0.482 e. The van der Waals surface area contributed by atoms with Crippen molar-refractivity contribution >= 4 is 49.4 Å². The van der Waals surface area contributed by atoms with Gasteiger partial charge in [0.2, 0.25) is 0 Å². The Kier molecular flexibility index (Phi) is 7.11. The highest BCUT2D eigenvalue weighted by atomic mass is 79.9. The van der Waals surface area contributed by atoms with Crippen molar-refractivity contribution in [1.29, 1.82) is 0 Å². The Bertz CT molecular complexity index is 996. The molecule has 0 saturated heterocycles. The summed E-state index contributed by atoms with van der Waals surface area (Å²) in [5.74, 6) is 0.680. The highest BCUT2D eigenvalue weighted by Gasteiger charge is 2.11. The highest BCUT2D eigenvalue weighted by molar-refractivity contribution is 9.11. The first-order valence-corrected chi connectivity index (χ1v) is 10.3. The fourth-order valence-corrected chi connectivity index (χ4v) is 4.18. The van der Waals surface area contributed by atoms with Gasteiger partial charge in [-0.2, -0.15) is 0 Å². The monoisotopic (exact) mass is 520 g/mol.